The highest BCUT2D eigenvalue weighted by molar-refractivity contribution is 7.88. The number of rotatable bonds is 15. The van der Waals surface area contributed by atoms with Crippen LogP contribution in [-0.4, -0.2) is 77.2 Å². The number of pyridine rings is 3. The van der Waals surface area contributed by atoms with Crippen molar-refractivity contribution in [3.63, 3.8) is 0 Å². The number of halogens is 3. The highest BCUT2D eigenvalue weighted by atomic mass is 32.2. The number of aryl methyl sites for hydroxylation is 3. The maximum Gasteiger partial charge on any atom is 0.534 e. The molecule has 0 bridgehead atoms. The molecule has 80 heavy (non-hydrogen) atoms. The fraction of sp³-hybridized carbons (Fsp3) is 0.182. The van der Waals surface area contributed by atoms with E-state index < -0.39 is 32.5 Å². The zero-order valence-corrected chi connectivity index (χ0v) is 44.2. The van der Waals surface area contributed by atoms with Gasteiger partial charge in [-0.3, -0.25) is 14.4 Å². The van der Waals surface area contributed by atoms with E-state index in [2.05, 4.69) is 62.5 Å². The number of nitrogens with zero attached hydrogens (tertiary/aromatic N) is 10. The van der Waals surface area contributed by atoms with Gasteiger partial charge in [-0.15, -0.1) is 14.2 Å². The molecule has 0 aliphatic heterocycles. The molecule has 2 N–H and O–H groups in total. The van der Waals surface area contributed by atoms with Crippen molar-refractivity contribution < 1.29 is 45.4 Å². The molecule has 0 radical (unpaired) electrons. The predicted molar refractivity (Wildman–Crippen MR) is 291 cm³/mol. The van der Waals surface area contributed by atoms with Crippen LogP contribution >= 0.6 is 0 Å². The number of benzene rings is 4. The molecular formula is C55H50F3N11O10S. The average molecular weight is 1110 g/mol. The first-order chi connectivity index (χ1) is 38.3. The summed E-state index contributed by atoms with van der Waals surface area (Å²) >= 11 is 0. The first-order valence-corrected chi connectivity index (χ1v) is 25.5. The van der Waals surface area contributed by atoms with E-state index in [9.17, 15) is 41.1 Å². The Morgan fingerprint density at radius 1 is 0.537 bits per heavy atom. The van der Waals surface area contributed by atoms with Crippen LogP contribution in [0.3, 0.4) is 0 Å². The zero-order chi connectivity index (χ0) is 57.1. The molecule has 0 aliphatic carbocycles. The van der Waals surface area contributed by atoms with Crippen molar-refractivity contribution in [2.24, 2.45) is 0 Å². The maximum atomic E-state index is 12.9. The van der Waals surface area contributed by atoms with Gasteiger partial charge in [-0.05, 0) is 55.2 Å². The van der Waals surface area contributed by atoms with Crippen LogP contribution in [0.15, 0.2) is 167 Å². The Bertz CT molecular complexity index is 4120. The third-order valence-corrected chi connectivity index (χ3v) is 12.8. The van der Waals surface area contributed by atoms with Gasteiger partial charge < -0.3 is 34.0 Å². The van der Waals surface area contributed by atoms with Gasteiger partial charge in [0.15, 0.2) is 22.7 Å². The summed E-state index contributed by atoms with van der Waals surface area (Å²) in [6.45, 7) is 6.04. The second kappa shape index (κ2) is 24.6. The predicted octanol–water partition coefficient (Wildman–Crippen LogP) is 6.80. The van der Waals surface area contributed by atoms with Gasteiger partial charge in [0.2, 0.25) is 0 Å². The first-order valence-electron chi connectivity index (χ1n) is 24.1. The molecule has 0 fully saturated rings. The van der Waals surface area contributed by atoms with E-state index in [1.54, 1.807) is 43.3 Å². The lowest BCUT2D eigenvalue weighted by molar-refractivity contribution is -0.0499. The molecule has 412 valence electrons. The monoisotopic (exact) mass is 1110 g/mol. The molecule has 0 amide bonds. The van der Waals surface area contributed by atoms with Crippen molar-refractivity contribution in [2.45, 2.75) is 52.6 Å². The molecule has 0 spiro atoms. The smallest absolute Gasteiger partial charge is 0.507 e. The van der Waals surface area contributed by atoms with E-state index in [0.717, 1.165) is 55.3 Å². The van der Waals surface area contributed by atoms with Crippen molar-refractivity contribution in [2.75, 3.05) is 24.3 Å². The normalized spacial score (nSPS) is 11.2. The van der Waals surface area contributed by atoms with E-state index in [1.807, 2.05) is 87.7 Å². The van der Waals surface area contributed by atoms with Gasteiger partial charge in [0.05, 0.1) is 45.0 Å². The molecule has 0 unspecified atom stereocenters. The minimum Gasteiger partial charge on any atom is -0.507 e. The van der Waals surface area contributed by atoms with Crippen LogP contribution in [0.5, 0.6) is 11.5 Å². The highest BCUT2D eigenvalue weighted by Crippen LogP contribution is 2.31. The molecule has 10 rings (SSSR count). The van der Waals surface area contributed by atoms with Crippen LogP contribution < -0.4 is 45.6 Å². The molecule has 21 nitrogen and oxygen atoms in total. The van der Waals surface area contributed by atoms with Crippen molar-refractivity contribution >= 4 is 54.6 Å². The van der Waals surface area contributed by atoms with Gasteiger partial charge in [0, 0.05) is 38.5 Å². The molecule has 10 aromatic rings. The molecule has 0 saturated carbocycles. The number of aromatic nitrogens is 9. The summed E-state index contributed by atoms with van der Waals surface area (Å²) in [7, 11) is -1.97. The van der Waals surface area contributed by atoms with Gasteiger partial charge in [-0.2, -0.15) is 21.6 Å². The summed E-state index contributed by atoms with van der Waals surface area (Å²) in [5, 5.41) is 14.2. The van der Waals surface area contributed by atoms with Gasteiger partial charge in [-0.25, -0.2) is 29.9 Å². The summed E-state index contributed by atoms with van der Waals surface area (Å²) in [5.74, 6) is -0.984. The SMILES string of the molecule is Cc1ncnc2c1c(NCc1cccc(N(C)C)c1)cc(=O)n2OCc1ccccc1.Cc1ncnc2c1c(O)cc(=O)n2OCc1ccccc1.Cc1ncnc2c1c(OS(=O)(=O)C(F)(F)F)cc(=O)n2OCc1ccccc1. The maximum absolute atomic E-state index is 12.9. The Balaban J connectivity index is 0.000000161. The minimum atomic E-state index is -5.99. The van der Waals surface area contributed by atoms with Gasteiger partial charge in [0.1, 0.15) is 44.6 Å². The molecule has 0 aliphatic rings. The van der Waals surface area contributed by atoms with Crippen molar-refractivity contribution in [1.82, 2.24) is 44.1 Å². The summed E-state index contributed by atoms with van der Waals surface area (Å²) in [6.07, 6.45) is 3.84. The van der Waals surface area contributed by atoms with E-state index in [1.165, 1.54) is 24.3 Å². The third kappa shape index (κ3) is 13.2. The highest BCUT2D eigenvalue weighted by Gasteiger charge is 2.49. The third-order valence-electron chi connectivity index (χ3n) is 11.8. The largest absolute Gasteiger partial charge is 0.534 e. The molecule has 4 aromatic carbocycles. The second-order valence-corrected chi connectivity index (χ2v) is 19.2. The Morgan fingerprint density at radius 2 is 0.950 bits per heavy atom. The Kier molecular flexibility index (Phi) is 17.3. The van der Waals surface area contributed by atoms with E-state index >= 15 is 0 Å². The van der Waals surface area contributed by atoms with E-state index in [4.69, 9.17) is 14.5 Å². The molecule has 0 saturated heterocycles. The standard InChI is InChI=1S/C24H25N5O2.C16H12F3N3O5S.C15H13N3O3/c1-17-23-21(25-14-19-10-7-11-20(12-19)28(2)3)13-22(30)29(24(23)27-16-26-17)31-15-18-8-5-4-6-9-18;1-10-14-12(27-28(24,25)16(17,18)19)7-13(23)22(15(14)21-9-20-10)26-8-11-5-3-2-4-6-11;1-10-14-12(19)7-13(20)18(15(14)17-9-16-10)21-8-11-5-3-2-4-6-11/h4-13,16,25H,14-15H2,1-3H3;2-7,9H,8H2,1H3;2-7,9,19H,8H2,1H3. The zero-order valence-electron chi connectivity index (χ0n) is 43.4. The summed E-state index contributed by atoms with van der Waals surface area (Å²) < 4.78 is 67.9. The van der Waals surface area contributed by atoms with Crippen LogP contribution in [0.25, 0.3) is 33.1 Å². The lowest BCUT2D eigenvalue weighted by atomic mass is 10.1. The molecule has 25 heteroatoms. The number of aromatic hydroxyl groups is 1. The Morgan fingerprint density at radius 3 is 1.43 bits per heavy atom. The average Bonchev–Trinajstić information content (AvgIpc) is 3.45. The van der Waals surface area contributed by atoms with Crippen LogP contribution in [0.2, 0.25) is 0 Å². The number of hydrogen-bond acceptors (Lipinski definition) is 18. The second-order valence-electron chi connectivity index (χ2n) is 17.6. The number of fused-ring (bicyclic) bond motifs is 3. The summed E-state index contributed by atoms with van der Waals surface area (Å²) in [4.78, 5) is 80.5. The van der Waals surface area contributed by atoms with Crippen LogP contribution in [-0.2, 0) is 36.5 Å². The van der Waals surface area contributed by atoms with Crippen molar-refractivity contribution in [3.8, 4) is 11.5 Å². The van der Waals surface area contributed by atoms with Crippen molar-refractivity contribution in [1.29, 1.82) is 0 Å². The number of anilines is 2. The lowest BCUT2D eigenvalue weighted by Crippen LogP contribution is -2.31. The Hall–Kier alpha value is -9.91. The first kappa shape index (κ1) is 56.3. The van der Waals surface area contributed by atoms with E-state index in [0.29, 0.717) is 40.6 Å². The quantitative estimate of drug-likeness (QED) is 0.0791. The van der Waals surface area contributed by atoms with Crippen LogP contribution in [0.1, 0.15) is 39.3 Å². The van der Waals surface area contributed by atoms with Gasteiger partial charge in [0.25, 0.3) is 16.7 Å². The summed E-state index contributed by atoms with van der Waals surface area (Å²) in [6, 6.07) is 39.4. The number of hydrogen-bond donors (Lipinski definition) is 2. The molecule has 6 heterocycles. The van der Waals surface area contributed by atoms with Crippen molar-refractivity contribution in [3.05, 3.63) is 223 Å². The van der Waals surface area contributed by atoms with E-state index in [-0.39, 0.29) is 53.5 Å². The molecular weight excluding hydrogens is 1060 g/mol. The fourth-order valence-electron chi connectivity index (χ4n) is 7.83. The van der Waals surface area contributed by atoms with Crippen LogP contribution in [0.4, 0.5) is 24.5 Å². The summed E-state index contributed by atoms with van der Waals surface area (Å²) in [5.41, 5.74) is 0.0409. The molecule has 6 aromatic heterocycles. The van der Waals surface area contributed by atoms with Gasteiger partial charge >= 0.3 is 15.6 Å². The molecule has 0 atom stereocenters. The van der Waals surface area contributed by atoms with Gasteiger partial charge in [-0.1, -0.05) is 103 Å². The number of nitrogens with one attached hydrogen (secondary N) is 1. The lowest BCUT2D eigenvalue weighted by Gasteiger charge is -2.16. The topological polar surface area (TPSA) is 250 Å². The minimum absolute atomic E-state index is 0.0417. The van der Waals surface area contributed by atoms with Crippen LogP contribution in [0, 0.1) is 20.8 Å². The fourth-order valence-corrected chi connectivity index (χ4v) is 8.30. The number of alkyl halides is 3. The Labute approximate surface area is 453 Å².